The Kier molecular flexibility index (Phi) is 7.74. The Bertz CT molecular complexity index is 565. The first-order valence-electron chi connectivity index (χ1n) is 6.30. The summed E-state index contributed by atoms with van der Waals surface area (Å²) in [6.45, 7) is 0.889. The lowest BCUT2D eigenvalue weighted by Crippen LogP contribution is -2.35. The van der Waals surface area contributed by atoms with Gasteiger partial charge < -0.3 is 29.3 Å². The van der Waals surface area contributed by atoms with E-state index >= 15 is 0 Å². The van der Waals surface area contributed by atoms with Gasteiger partial charge in [0.15, 0.2) is 0 Å². The number of phosphoric ester groups is 2. The number of aliphatic hydroxyl groups is 1. The van der Waals surface area contributed by atoms with E-state index in [0.717, 1.165) is 0 Å². The molecule has 0 radical (unpaired) electrons. The van der Waals surface area contributed by atoms with Crippen LogP contribution in [0.1, 0.15) is 6.92 Å². The smallest absolute Gasteiger partial charge is 0.388 e. The summed E-state index contributed by atoms with van der Waals surface area (Å²) >= 11 is 0. The molecule has 0 saturated carbocycles. The number of hydrogen-bond acceptors (Lipinski definition) is 10. The summed E-state index contributed by atoms with van der Waals surface area (Å²) in [7, 11) is -13.6. The molecule has 0 bridgehead atoms. The van der Waals surface area contributed by atoms with Crippen LogP contribution in [-0.2, 0) is 40.8 Å². The van der Waals surface area contributed by atoms with E-state index in [1.807, 2.05) is 0 Å². The summed E-state index contributed by atoms with van der Waals surface area (Å²) in [5.74, 6) is 0. The van der Waals surface area contributed by atoms with Crippen molar-refractivity contribution < 1.29 is 60.6 Å². The molecule has 0 spiro atoms. The van der Waals surface area contributed by atoms with Gasteiger partial charge in [-0.25, -0.2) is 13.7 Å². The Morgan fingerprint density at radius 3 is 2.04 bits per heavy atom. The fourth-order valence-corrected chi connectivity index (χ4v) is 5.11. The number of ether oxygens (including phenoxy) is 2. The van der Waals surface area contributed by atoms with E-state index < -0.39 is 54.5 Å². The minimum Gasteiger partial charge on any atom is -0.388 e. The van der Waals surface area contributed by atoms with Crippen molar-refractivity contribution in [2.75, 3.05) is 20.8 Å². The molecule has 1 fully saturated rings. The monoisotopic (exact) mass is 416 g/mol. The Morgan fingerprint density at radius 2 is 1.54 bits per heavy atom. The zero-order valence-electron chi connectivity index (χ0n) is 12.8. The van der Waals surface area contributed by atoms with Crippen molar-refractivity contribution in [3.8, 4) is 0 Å². The fraction of sp³-hybridized carbons (Fsp3) is 1.00. The third kappa shape index (κ3) is 6.54. The van der Waals surface area contributed by atoms with Crippen LogP contribution in [0.15, 0.2) is 0 Å². The van der Waals surface area contributed by atoms with E-state index in [9.17, 15) is 28.6 Å². The minimum absolute atomic E-state index is 0.642. The standard InChI is InChI=1S/C8H19O13P3/c1-5-7(9)8(16-2)6(19-5)4-18-23(12,13)21-24(14,15)20-22(10,11)17-3/h5-9H,4H2,1-3H3,(H,10,11)(H,12,13)(H,14,15)/t5-,6+,7+,8?/m0/s1. The third-order valence-corrected chi connectivity index (χ3v) is 7.13. The van der Waals surface area contributed by atoms with Gasteiger partial charge >= 0.3 is 23.5 Å². The first-order chi connectivity index (χ1) is 10.8. The molecule has 1 rings (SSSR count). The van der Waals surface area contributed by atoms with Crippen molar-refractivity contribution >= 4 is 23.5 Å². The average molecular weight is 416 g/mol. The topological polar surface area (TPSA) is 188 Å². The van der Waals surface area contributed by atoms with Crippen LogP contribution in [0.4, 0.5) is 0 Å². The van der Waals surface area contributed by atoms with Gasteiger partial charge in [-0.15, -0.1) is 0 Å². The number of phosphoric acid groups is 3. The molecule has 7 atom stereocenters. The highest BCUT2D eigenvalue weighted by Crippen LogP contribution is 2.67. The maximum absolute atomic E-state index is 11.6. The van der Waals surface area contributed by atoms with Crippen molar-refractivity contribution in [1.82, 2.24) is 0 Å². The Labute approximate surface area is 137 Å². The second-order valence-corrected chi connectivity index (χ2v) is 9.36. The molecule has 144 valence electrons. The first kappa shape index (κ1) is 22.3. The van der Waals surface area contributed by atoms with Crippen LogP contribution in [0.3, 0.4) is 0 Å². The van der Waals surface area contributed by atoms with E-state index in [1.54, 1.807) is 0 Å². The van der Waals surface area contributed by atoms with Gasteiger partial charge in [0.1, 0.15) is 18.3 Å². The Morgan fingerprint density at radius 1 is 1.00 bits per heavy atom. The SMILES string of the molecule is COC1[C@@H](COP(=O)(O)OP(=O)(O)OP(=O)(O)OC)O[C@@H](C)[C@H]1O. The third-order valence-electron chi connectivity index (χ3n) is 2.89. The average Bonchev–Trinajstić information content (AvgIpc) is 2.69. The molecule has 0 aromatic rings. The van der Waals surface area contributed by atoms with E-state index in [4.69, 9.17) is 14.4 Å². The lowest BCUT2D eigenvalue weighted by Gasteiger charge is -2.21. The zero-order chi connectivity index (χ0) is 18.8. The van der Waals surface area contributed by atoms with Gasteiger partial charge in [0, 0.05) is 14.2 Å². The van der Waals surface area contributed by atoms with Crippen LogP contribution in [0.5, 0.6) is 0 Å². The maximum Gasteiger partial charge on any atom is 0.490 e. The quantitative estimate of drug-likeness (QED) is 0.372. The van der Waals surface area contributed by atoms with E-state index in [-0.39, 0.29) is 0 Å². The zero-order valence-corrected chi connectivity index (χ0v) is 15.5. The highest BCUT2D eigenvalue weighted by molar-refractivity contribution is 7.66. The van der Waals surface area contributed by atoms with Gasteiger partial charge in [0.2, 0.25) is 0 Å². The molecule has 0 aromatic carbocycles. The van der Waals surface area contributed by atoms with Crippen LogP contribution < -0.4 is 0 Å². The van der Waals surface area contributed by atoms with Gasteiger partial charge in [0.25, 0.3) is 0 Å². The van der Waals surface area contributed by atoms with Crippen LogP contribution in [0.25, 0.3) is 0 Å². The molecule has 13 nitrogen and oxygen atoms in total. The van der Waals surface area contributed by atoms with Crippen LogP contribution in [-0.4, -0.2) is 65.0 Å². The summed E-state index contributed by atoms with van der Waals surface area (Å²) in [5, 5.41) is 9.75. The summed E-state index contributed by atoms with van der Waals surface area (Å²) < 4.78 is 60.2. The first-order valence-corrected chi connectivity index (χ1v) is 10.8. The molecule has 1 aliphatic heterocycles. The van der Waals surface area contributed by atoms with Gasteiger partial charge in [0.05, 0.1) is 12.7 Å². The van der Waals surface area contributed by atoms with Crippen molar-refractivity contribution in [3.63, 3.8) is 0 Å². The molecule has 1 heterocycles. The maximum atomic E-state index is 11.6. The molecule has 0 amide bonds. The number of hydrogen-bond donors (Lipinski definition) is 4. The summed E-state index contributed by atoms with van der Waals surface area (Å²) in [6.07, 6.45) is -3.50. The van der Waals surface area contributed by atoms with Crippen molar-refractivity contribution in [3.05, 3.63) is 0 Å². The van der Waals surface area contributed by atoms with E-state index in [1.165, 1.54) is 14.0 Å². The largest absolute Gasteiger partial charge is 0.490 e. The van der Waals surface area contributed by atoms with Gasteiger partial charge in [-0.2, -0.15) is 8.62 Å². The highest BCUT2D eigenvalue weighted by Gasteiger charge is 2.45. The molecule has 0 aromatic heterocycles. The molecular weight excluding hydrogens is 397 g/mol. The predicted octanol–water partition coefficient (Wildman–Crippen LogP) is 0.147. The number of rotatable bonds is 9. The normalized spacial score (nSPS) is 35.1. The molecule has 4 unspecified atom stereocenters. The summed E-state index contributed by atoms with van der Waals surface area (Å²) in [4.78, 5) is 27.5. The Balaban J connectivity index is 2.65. The summed E-state index contributed by atoms with van der Waals surface area (Å²) in [6, 6.07) is 0. The highest BCUT2D eigenvalue weighted by atomic mass is 31.3. The van der Waals surface area contributed by atoms with Crippen molar-refractivity contribution in [1.29, 1.82) is 0 Å². The Hall–Kier alpha value is 0.290. The lowest BCUT2D eigenvalue weighted by molar-refractivity contribution is -0.0336. The molecule has 1 saturated heterocycles. The van der Waals surface area contributed by atoms with Gasteiger partial charge in [-0.3, -0.25) is 9.05 Å². The predicted molar refractivity (Wildman–Crippen MR) is 75.7 cm³/mol. The summed E-state index contributed by atoms with van der Waals surface area (Å²) in [5.41, 5.74) is 0. The van der Waals surface area contributed by atoms with Crippen LogP contribution >= 0.6 is 23.5 Å². The van der Waals surface area contributed by atoms with Crippen molar-refractivity contribution in [2.24, 2.45) is 0 Å². The molecule has 0 aliphatic carbocycles. The second-order valence-electron chi connectivity index (χ2n) is 4.62. The second kappa shape index (κ2) is 8.32. The molecule has 4 N–H and O–H groups in total. The molecule has 1 aliphatic rings. The molecule has 16 heteroatoms. The van der Waals surface area contributed by atoms with E-state index in [2.05, 4.69) is 17.7 Å². The number of aliphatic hydroxyl groups excluding tert-OH is 1. The van der Waals surface area contributed by atoms with Gasteiger partial charge in [-0.05, 0) is 6.92 Å². The lowest BCUT2D eigenvalue weighted by atomic mass is 10.1. The minimum atomic E-state index is -5.46. The van der Waals surface area contributed by atoms with Crippen LogP contribution in [0, 0.1) is 0 Å². The molecule has 24 heavy (non-hydrogen) atoms. The fourth-order valence-electron chi connectivity index (χ4n) is 1.85. The van der Waals surface area contributed by atoms with E-state index in [0.29, 0.717) is 7.11 Å². The van der Waals surface area contributed by atoms with Crippen molar-refractivity contribution in [2.45, 2.75) is 31.3 Å². The number of methoxy groups -OCH3 is 1. The molecular formula is C8H19O13P3. The van der Waals surface area contributed by atoms with Crippen LogP contribution in [0.2, 0.25) is 0 Å². The van der Waals surface area contributed by atoms with Gasteiger partial charge in [-0.1, -0.05) is 0 Å².